The molecule has 2 aromatic rings. The molecule has 2 N–H and O–H groups in total. The van der Waals surface area contributed by atoms with Gasteiger partial charge in [0.25, 0.3) is 5.69 Å². The van der Waals surface area contributed by atoms with E-state index in [1.165, 1.54) is 36.4 Å². The van der Waals surface area contributed by atoms with Gasteiger partial charge in [0.1, 0.15) is 5.75 Å². The lowest BCUT2D eigenvalue weighted by molar-refractivity contribution is -0.384. The van der Waals surface area contributed by atoms with E-state index in [2.05, 4.69) is 5.32 Å². The highest BCUT2D eigenvalue weighted by Gasteiger charge is 2.37. The van der Waals surface area contributed by atoms with E-state index < -0.39 is 18.3 Å². The summed E-state index contributed by atoms with van der Waals surface area (Å²) in [5, 5.41) is 23.4. The lowest BCUT2D eigenvalue weighted by Gasteiger charge is -2.28. The molecule has 1 atom stereocenters. The minimum atomic E-state index is -3.59. The second-order valence-corrected chi connectivity index (χ2v) is 7.43. The first kappa shape index (κ1) is 19.9. The van der Waals surface area contributed by atoms with Gasteiger partial charge < -0.3 is 19.5 Å². The summed E-state index contributed by atoms with van der Waals surface area (Å²) in [6.07, 6.45) is 0. The van der Waals surface area contributed by atoms with Crippen LogP contribution in [0.5, 0.6) is 5.75 Å². The molecular weight excluding hydrogens is 359 g/mol. The zero-order valence-corrected chi connectivity index (χ0v) is 15.4. The number of non-ortho nitro benzene ring substituents is 1. The third-order valence-electron chi connectivity index (χ3n) is 3.52. The zero-order chi connectivity index (χ0) is 19.2. The van der Waals surface area contributed by atoms with Gasteiger partial charge in [0.05, 0.1) is 18.1 Å². The first-order valence-electron chi connectivity index (χ1n) is 8.08. The molecule has 0 radical (unpaired) electrons. The molecule has 2 aromatic carbocycles. The largest absolute Gasteiger partial charge is 0.508 e. The average Bonchev–Trinajstić information content (AvgIpc) is 2.61. The summed E-state index contributed by atoms with van der Waals surface area (Å²) in [5.41, 5.74) is 1.06. The lowest BCUT2D eigenvalue weighted by Crippen LogP contribution is -2.15. The molecule has 0 aliphatic carbocycles. The second kappa shape index (κ2) is 8.80. The van der Waals surface area contributed by atoms with E-state index in [4.69, 9.17) is 9.05 Å². The third kappa shape index (κ3) is 4.82. The predicted molar refractivity (Wildman–Crippen MR) is 98.4 cm³/mol. The van der Waals surface area contributed by atoms with Crippen molar-refractivity contribution in [2.45, 2.75) is 19.6 Å². The number of hydrogen-bond acceptors (Lipinski definition) is 7. The van der Waals surface area contributed by atoms with Crippen LogP contribution in [0, 0.1) is 10.1 Å². The van der Waals surface area contributed by atoms with E-state index in [1.54, 1.807) is 26.0 Å². The number of anilines is 1. The lowest BCUT2D eigenvalue weighted by atomic mass is 10.2. The standard InChI is InChI=1S/C17H21N2O6P/c1-3-24-26(23,25-4-2)17(13-5-11-16(20)12-6-13)18-14-7-9-15(10-8-14)19(21)22/h5-12,17-18,20H,3-4H2,1-2H3/t17-/m1/s1. The van der Waals surface area contributed by atoms with Crippen LogP contribution in [-0.4, -0.2) is 23.2 Å². The van der Waals surface area contributed by atoms with Crippen molar-refractivity contribution in [2.24, 2.45) is 0 Å². The fraction of sp³-hybridized carbons (Fsp3) is 0.294. The van der Waals surface area contributed by atoms with Crippen LogP contribution in [0.15, 0.2) is 48.5 Å². The minimum absolute atomic E-state index is 0.0467. The molecule has 0 fully saturated rings. The smallest absolute Gasteiger partial charge is 0.357 e. The van der Waals surface area contributed by atoms with Gasteiger partial charge >= 0.3 is 7.60 Å². The highest BCUT2D eigenvalue weighted by Crippen LogP contribution is 2.60. The Bertz CT molecular complexity index is 769. The fourth-order valence-electron chi connectivity index (χ4n) is 2.39. The number of hydrogen-bond donors (Lipinski definition) is 2. The molecule has 9 heteroatoms. The second-order valence-electron chi connectivity index (χ2n) is 5.32. The molecule has 26 heavy (non-hydrogen) atoms. The van der Waals surface area contributed by atoms with Gasteiger partial charge in [-0.25, -0.2) is 0 Å². The van der Waals surface area contributed by atoms with Crippen LogP contribution >= 0.6 is 7.60 Å². The number of nitro groups is 1. The summed E-state index contributed by atoms with van der Waals surface area (Å²) in [5.74, 6) is -0.769. The third-order valence-corrected chi connectivity index (χ3v) is 5.82. The van der Waals surface area contributed by atoms with Crippen LogP contribution in [0.4, 0.5) is 11.4 Å². The van der Waals surface area contributed by atoms with E-state index in [-0.39, 0.29) is 24.7 Å². The Hall–Kier alpha value is -2.41. The quantitative estimate of drug-likeness (QED) is 0.369. The summed E-state index contributed by atoms with van der Waals surface area (Å²) >= 11 is 0. The molecule has 0 saturated carbocycles. The molecular formula is C17H21N2O6P. The Morgan fingerprint density at radius 3 is 2.08 bits per heavy atom. The highest BCUT2D eigenvalue weighted by atomic mass is 31.2. The molecule has 0 amide bonds. The van der Waals surface area contributed by atoms with Crippen LogP contribution in [0.3, 0.4) is 0 Å². The summed E-state index contributed by atoms with van der Waals surface area (Å²) in [7, 11) is -3.59. The summed E-state index contributed by atoms with van der Waals surface area (Å²) in [4.78, 5) is 10.3. The Balaban J connectivity index is 2.40. The van der Waals surface area contributed by atoms with E-state index in [0.717, 1.165) is 0 Å². The first-order valence-corrected chi connectivity index (χ1v) is 9.69. The van der Waals surface area contributed by atoms with Crippen molar-refractivity contribution in [1.29, 1.82) is 0 Å². The summed E-state index contributed by atoms with van der Waals surface area (Å²) < 4.78 is 24.2. The topological polar surface area (TPSA) is 111 Å². The molecule has 0 spiro atoms. The Labute approximate surface area is 151 Å². The molecule has 140 valence electrons. The summed E-state index contributed by atoms with van der Waals surface area (Å²) in [6, 6.07) is 11.9. The van der Waals surface area contributed by atoms with E-state index in [1.807, 2.05) is 0 Å². The van der Waals surface area contributed by atoms with Gasteiger partial charge in [0.2, 0.25) is 0 Å². The zero-order valence-electron chi connectivity index (χ0n) is 14.5. The first-order chi connectivity index (χ1) is 12.4. The van der Waals surface area contributed by atoms with Crippen molar-refractivity contribution >= 4 is 19.0 Å². The van der Waals surface area contributed by atoms with Crippen molar-refractivity contribution in [1.82, 2.24) is 0 Å². The highest BCUT2D eigenvalue weighted by molar-refractivity contribution is 7.54. The summed E-state index contributed by atoms with van der Waals surface area (Å²) in [6.45, 7) is 3.80. The van der Waals surface area contributed by atoms with Crippen molar-refractivity contribution in [2.75, 3.05) is 18.5 Å². The molecule has 0 bridgehead atoms. The van der Waals surface area contributed by atoms with E-state index >= 15 is 0 Å². The van der Waals surface area contributed by atoms with Gasteiger partial charge in [0.15, 0.2) is 5.78 Å². The van der Waals surface area contributed by atoms with Crippen LogP contribution in [0.25, 0.3) is 0 Å². The van der Waals surface area contributed by atoms with Gasteiger partial charge in [-0.05, 0) is 43.7 Å². The van der Waals surface area contributed by atoms with Crippen molar-refractivity contribution < 1.29 is 23.6 Å². The van der Waals surface area contributed by atoms with Crippen LogP contribution < -0.4 is 5.32 Å². The van der Waals surface area contributed by atoms with Crippen molar-refractivity contribution in [3.05, 3.63) is 64.2 Å². The maximum Gasteiger partial charge on any atom is 0.357 e. The molecule has 0 aliphatic rings. The molecule has 0 unspecified atom stereocenters. The maximum absolute atomic E-state index is 13.3. The van der Waals surface area contributed by atoms with E-state index in [0.29, 0.717) is 11.3 Å². The number of benzene rings is 2. The number of phenolic OH excluding ortho intramolecular Hbond substituents is 1. The number of rotatable bonds is 9. The van der Waals surface area contributed by atoms with Gasteiger partial charge in [0, 0.05) is 17.8 Å². The SMILES string of the molecule is CCOP(=O)(OCC)[C@@H](Nc1ccc([N+](=O)[O-])cc1)c1ccc(O)cc1. The normalized spacial score (nSPS) is 12.5. The van der Waals surface area contributed by atoms with Crippen molar-refractivity contribution in [3.8, 4) is 5.75 Å². The Morgan fingerprint density at radius 2 is 1.62 bits per heavy atom. The van der Waals surface area contributed by atoms with Gasteiger partial charge in [-0.3, -0.25) is 14.7 Å². The average molecular weight is 380 g/mol. The number of nitrogens with zero attached hydrogens (tertiary/aromatic N) is 1. The number of aromatic hydroxyl groups is 1. The number of phenols is 1. The van der Waals surface area contributed by atoms with Crippen LogP contribution in [0.1, 0.15) is 25.2 Å². The Kier molecular flexibility index (Phi) is 6.74. The molecule has 0 aliphatic heterocycles. The number of nitro benzene ring substituents is 1. The van der Waals surface area contributed by atoms with Crippen LogP contribution in [0.2, 0.25) is 0 Å². The predicted octanol–water partition coefficient (Wildman–Crippen LogP) is 4.68. The van der Waals surface area contributed by atoms with Crippen molar-refractivity contribution in [3.63, 3.8) is 0 Å². The number of nitrogens with one attached hydrogen (secondary N) is 1. The van der Waals surface area contributed by atoms with E-state index in [9.17, 15) is 19.8 Å². The molecule has 0 heterocycles. The molecule has 8 nitrogen and oxygen atoms in total. The monoisotopic (exact) mass is 380 g/mol. The Morgan fingerprint density at radius 1 is 1.08 bits per heavy atom. The molecule has 0 saturated heterocycles. The molecule has 0 aromatic heterocycles. The molecule has 2 rings (SSSR count). The van der Waals surface area contributed by atoms with Crippen LogP contribution in [-0.2, 0) is 13.6 Å². The minimum Gasteiger partial charge on any atom is -0.508 e. The maximum atomic E-state index is 13.3. The van der Waals surface area contributed by atoms with Gasteiger partial charge in [-0.1, -0.05) is 12.1 Å². The van der Waals surface area contributed by atoms with Gasteiger partial charge in [-0.2, -0.15) is 0 Å². The van der Waals surface area contributed by atoms with Gasteiger partial charge in [-0.15, -0.1) is 0 Å². The fourth-order valence-corrected chi connectivity index (χ4v) is 4.32.